The van der Waals surface area contributed by atoms with E-state index in [9.17, 15) is 9.59 Å². The molecule has 1 aliphatic rings. The molecule has 0 atom stereocenters. The van der Waals surface area contributed by atoms with Crippen molar-refractivity contribution >= 4 is 24.3 Å². The number of hydrogen-bond donors (Lipinski definition) is 1. The fourth-order valence-corrected chi connectivity index (χ4v) is 1.30. The predicted molar refractivity (Wildman–Crippen MR) is 61.1 cm³/mol. The molecule has 0 radical (unpaired) electrons. The van der Waals surface area contributed by atoms with E-state index in [1.54, 1.807) is 18.3 Å². The van der Waals surface area contributed by atoms with Gasteiger partial charge in [0.15, 0.2) is 0 Å². The number of carbonyl (C=O) groups is 2. The zero-order valence-corrected chi connectivity index (χ0v) is 9.77. The molecular formula is C10H12ClN3O3. The Labute approximate surface area is 104 Å². The summed E-state index contributed by atoms with van der Waals surface area (Å²) in [6.07, 6.45) is 1.91. The highest BCUT2D eigenvalue weighted by Gasteiger charge is 2.23. The smallest absolute Gasteiger partial charge is 0.276 e. The lowest BCUT2D eigenvalue weighted by Gasteiger charge is -2.25. The van der Waals surface area contributed by atoms with Crippen molar-refractivity contribution in [1.82, 2.24) is 15.4 Å². The third kappa shape index (κ3) is 3.69. The second kappa shape index (κ2) is 6.17. The molecule has 0 unspecified atom stereocenters. The maximum absolute atomic E-state index is 11.3. The first-order valence-corrected chi connectivity index (χ1v) is 4.90. The highest BCUT2D eigenvalue weighted by molar-refractivity contribution is 5.96. The fourth-order valence-electron chi connectivity index (χ4n) is 1.30. The van der Waals surface area contributed by atoms with Crippen molar-refractivity contribution in [2.45, 2.75) is 13.0 Å². The Morgan fingerprint density at radius 3 is 2.88 bits per heavy atom. The van der Waals surface area contributed by atoms with Crippen molar-refractivity contribution in [1.29, 1.82) is 0 Å². The Morgan fingerprint density at radius 2 is 2.24 bits per heavy atom. The number of pyridine rings is 1. The quantitative estimate of drug-likeness (QED) is 0.872. The van der Waals surface area contributed by atoms with Gasteiger partial charge >= 0.3 is 6.03 Å². The van der Waals surface area contributed by atoms with E-state index in [2.05, 4.69) is 10.3 Å². The third-order valence-corrected chi connectivity index (χ3v) is 2.11. The Bertz CT molecular complexity index is 399. The Hall–Kier alpha value is -1.66. The lowest BCUT2D eigenvalue weighted by molar-refractivity contribution is -0.147. The van der Waals surface area contributed by atoms with E-state index in [1.807, 2.05) is 6.07 Å². The number of imide groups is 1. The van der Waals surface area contributed by atoms with E-state index in [4.69, 9.17) is 4.84 Å². The van der Waals surface area contributed by atoms with Crippen LogP contribution in [-0.4, -0.2) is 28.5 Å². The summed E-state index contributed by atoms with van der Waals surface area (Å²) in [5, 5.41) is 3.30. The van der Waals surface area contributed by atoms with Crippen molar-refractivity contribution in [3.05, 3.63) is 30.1 Å². The highest BCUT2D eigenvalue weighted by Crippen LogP contribution is 2.04. The molecule has 0 aliphatic carbocycles. The summed E-state index contributed by atoms with van der Waals surface area (Å²) in [6, 6.07) is 4.92. The maximum Gasteiger partial charge on any atom is 0.347 e. The van der Waals surface area contributed by atoms with Gasteiger partial charge in [0.1, 0.15) is 6.61 Å². The molecule has 2 heterocycles. The number of nitrogens with zero attached hydrogens (tertiary/aromatic N) is 2. The summed E-state index contributed by atoms with van der Waals surface area (Å²) < 4.78 is 0. The van der Waals surface area contributed by atoms with Gasteiger partial charge in [-0.25, -0.2) is 9.86 Å². The number of hydroxylamine groups is 2. The van der Waals surface area contributed by atoms with Crippen molar-refractivity contribution < 1.29 is 14.4 Å². The van der Waals surface area contributed by atoms with Gasteiger partial charge in [-0.15, -0.1) is 12.4 Å². The number of nitrogens with one attached hydrogen (secondary N) is 1. The SMILES string of the molecule is Cl.O=C1CCN(OCc2ccccn2)C(=O)N1. The van der Waals surface area contributed by atoms with Crippen LogP contribution in [0.5, 0.6) is 0 Å². The van der Waals surface area contributed by atoms with Crippen LogP contribution in [-0.2, 0) is 16.2 Å². The lowest BCUT2D eigenvalue weighted by atomic mass is 10.3. The number of amides is 3. The second-order valence-electron chi connectivity index (χ2n) is 3.30. The molecule has 1 fully saturated rings. The van der Waals surface area contributed by atoms with Gasteiger partial charge in [-0.3, -0.25) is 19.9 Å². The van der Waals surface area contributed by atoms with Gasteiger partial charge < -0.3 is 0 Å². The average Bonchev–Trinajstić information content (AvgIpc) is 2.29. The summed E-state index contributed by atoms with van der Waals surface area (Å²) in [6.45, 7) is 0.486. The van der Waals surface area contributed by atoms with Gasteiger partial charge in [0, 0.05) is 12.6 Å². The van der Waals surface area contributed by atoms with E-state index in [0.717, 1.165) is 10.8 Å². The highest BCUT2D eigenvalue weighted by atomic mass is 35.5. The van der Waals surface area contributed by atoms with Gasteiger partial charge in [0.25, 0.3) is 0 Å². The number of urea groups is 1. The summed E-state index contributed by atoms with van der Waals surface area (Å²) in [7, 11) is 0. The van der Waals surface area contributed by atoms with Crippen LogP contribution >= 0.6 is 12.4 Å². The average molecular weight is 258 g/mol. The first-order valence-electron chi connectivity index (χ1n) is 4.90. The summed E-state index contributed by atoms with van der Waals surface area (Å²) in [4.78, 5) is 31.4. The van der Waals surface area contributed by atoms with Crippen LogP contribution in [0.2, 0.25) is 0 Å². The molecule has 0 bridgehead atoms. The van der Waals surface area contributed by atoms with Crippen LogP contribution in [0.3, 0.4) is 0 Å². The molecule has 92 valence electrons. The molecule has 2 rings (SSSR count). The van der Waals surface area contributed by atoms with E-state index in [1.165, 1.54) is 0 Å². The number of hydrogen-bond acceptors (Lipinski definition) is 4. The van der Waals surface area contributed by atoms with Gasteiger partial charge in [0.05, 0.1) is 12.2 Å². The van der Waals surface area contributed by atoms with Crippen molar-refractivity contribution in [2.24, 2.45) is 0 Å². The van der Waals surface area contributed by atoms with Crippen molar-refractivity contribution in [2.75, 3.05) is 6.54 Å². The van der Waals surface area contributed by atoms with E-state index < -0.39 is 6.03 Å². The molecule has 1 aromatic rings. The minimum atomic E-state index is -0.521. The Balaban J connectivity index is 0.00000144. The van der Waals surface area contributed by atoms with Crippen molar-refractivity contribution in [3.63, 3.8) is 0 Å². The maximum atomic E-state index is 11.3. The zero-order chi connectivity index (χ0) is 11.4. The molecule has 3 amide bonds. The minimum Gasteiger partial charge on any atom is -0.276 e. The number of halogens is 1. The molecule has 0 spiro atoms. The Kier molecular flexibility index (Phi) is 4.86. The first kappa shape index (κ1) is 13.4. The van der Waals surface area contributed by atoms with Crippen LogP contribution in [0.25, 0.3) is 0 Å². The van der Waals surface area contributed by atoms with Gasteiger partial charge in [-0.1, -0.05) is 6.07 Å². The van der Waals surface area contributed by atoms with Crippen LogP contribution in [0.4, 0.5) is 4.79 Å². The van der Waals surface area contributed by atoms with Gasteiger partial charge in [-0.2, -0.15) is 0 Å². The lowest BCUT2D eigenvalue weighted by Crippen LogP contribution is -2.49. The summed E-state index contributed by atoms with van der Waals surface area (Å²) >= 11 is 0. The van der Waals surface area contributed by atoms with Crippen LogP contribution in [0.1, 0.15) is 12.1 Å². The number of rotatable bonds is 3. The van der Waals surface area contributed by atoms with Gasteiger partial charge in [0.2, 0.25) is 5.91 Å². The summed E-state index contributed by atoms with van der Waals surface area (Å²) in [5.74, 6) is -0.275. The number of carbonyl (C=O) groups excluding carboxylic acids is 2. The molecule has 1 aliphatic heterocycles. The third-order valence-electron chi connectivity index (χ3n) is 2.11. The van der Waals surface area contributed by atoms with Gasteiger partial charge in [-0.05, 0) is 12.1 Å². The molecule has 17 heavy (non-hydrogen) atoms. The standard InChI is InChI=1S/C10H11N3O3.ClH/c14-9-4-6-13(10(15)12-9)16-7-8-3-1-2-5-11-8;/h1-3,5H,4,6-7H2,(H,12,14,15);1H. The molecule has 1 N–H and O–H groups in total. The Morgan fingerprint density at radius 1 is 1.41 bits per heavy atom. The molecule has 0 aromatic carbocycles. The molecular weight excluding hydrogens is 246 g/mol. The first-order chi connectivity index (χ1) is 7.75. The minimum absolute atomic E-state index is 0. The normalized spacial score (nSPS) is 15.2. The monoisotopic (exact) mass is 257 g/mol. The molecule has 1 saturated heterocycles. The molecule has 1 aromatic heterocycles. The fraction of sp³-hybridized carbons (Fsp3) is 0.300. The van der Waals surface area contributed by atoms with Crippen LogP contribution in [0, 0.1) is 0 Å². The van der Waals surface area contributed by atoms with Crippen LogP contribution in [0.15, 0.2) is 24.4 Å². The van der Waals surface area contributed by atoms with E-state index in [0.29, 0.717) is 0 Å². The molecule has 7 heteroatoms. The predicted octanol–water partition coefficient (Wildman–Crippen LogP) is 0.877. The summed E-state index contributed by atoms with van der Waals surface area (Å²) in [5.41, 5.74) is 0.729. The van der Waals surface area contributed by atoms with Crippen molar-refractivity contribution in [3.8, 4) is 0 Å². The molecule has 6 nitrogen and oxygen atoms in total. The van der Waals surface area contributed by atoms with Crippen LogP contribution < -0.4 is 5.32 Å². The van der Waals surface area contributed by atoms with E-state index in [-0.39, 0.29) is 37.9 Å². The second-order valence-corrected chi connectivity index (χ2v) is 3.30. The topological polar surface area (TPSA) is 71.5 Å². The number of aromatic nitrogens is 1. The largest absolute Gasteiger partial charge is 0.347 e. The van der Waals surface area contributed by atoms with E-state index >= 15 is 0 Å². The zero-order valence-electron chi connectivity index (χ0n) is 8.96. The molecule has 0 saturated carbocycles.